The Morgan fingerprint density at radius 2 is 1.82 bits per heavy atom. The molecule has 0 amide bonds. The van der Waals surface area contributed by atoms with Gasteiger partial charge in [-0.1, -0.05) is 43.4 Å². The van der Waals surface area contributed by atoms with E-state index in [1.165, 1.54) is 47.3 Å². The van der Waals surface area contributed by atoms with Gasteiger partial charge in [0.2, 0.25) is 0 Å². The molecule has 2 atom stereocenters. The summed E-state index contributed by atoms with van der Waals surface area (Å²) in [4.78, 5) is 3.87. The van der Waals surface area contributed by atoms with Gasteiger partial charge in [0.1, 0.15) is 29.9 Å². The zero-order chi connectivity index (χ0) is 28.0. The highest BCUT2D eigenvalue weighted by molar-refractivity contribution is 8.00. The van der Waals surface area contributed by atoms with Crippen LogP contribution in [0.25, 0.3) is 6.08 Å². The molecule has 0 saturated carbocycles. The van der Waals surface area contributed by atoms with E-state index in [9.17, 15) is 27.1 Å². The molecule has 2 aromatic carbocycles. The minimum atomic E-state index is -4.38. The fourth-order valence-electron chi connectivity index (χ4n) is 4.03. The highest BCUT2D eigenvalue weighted by Crippen LogP contribution is 2.38. The van der Waals surface area contributed by atoms with Gasteiger partial charge in [-0.25, -0.2) is 18.4 Å². The summed E-state index contributed by atoms with van der Waals surface area (Å²) in [7, 11) is 0. The summed E-state index contributed by atoms with van der Waals surface area (Å²) >= 11 is 1.35. The molecule has 0 unspecified atom stereocenters. The van der Waals surface area contributed by atoms with Crippen molar-refractivity contribution in [3.63, 3.8) is 0 Å². The average molecular weight is 568 g/mol. The van der Waals surface area contributed by atoms with Gasteiger partial charge in [-0.2, -0.15) is 18.3 Å². The summed E-state index contributed by atoms with van der Waals surface area (Å²) in [6.07, 6.45) is 4.36. The monoisotopic (exact) mass is 567 g/mol. The number of alkyl halides is 3. The quantitative estimate of drug-likeness (QED) is 0.268. The number of hydrogen-bond donors (Lipinski definition) is 1. The second-order valence-corrected chi connectivity index (χ2v) is 10.6. The van der Waals surface area contributed by atoms with Gasteiger partial charge in [0.15, 0.2) is 6.29 Å². The molecule has 0 aliphatic carbocycles. The van der Waals surface area contributed by atoms with Gasteiger partial charge in [-0.15, -0.1) is 11.8 Å². The molecule has 1 aliphatic heterocycles. The molecular weight excluding hydrogens is 541 g/mol. The van der Waals surface area contributed by atoms with Gasteiger partial charge >= 0.3 is 6.18 Å². The van der Waals surface area contributed by atoms with Crippen LogP contribution in [0.1, 0.15) is 23.6 Å². The van der Waals surface area contributed by atoms with Crippen LogP contribution in [0.3, 0.4) is 0 Å². The van der Waals surface area contributed by atoms with E-state index in [0.29, 0.717) is 5.56 Å². The number of rotatable bonds is 9. The van der Waals surface area contributed by atoms with Crippen LogP contribution in [-0.4, -0.2) is 49.9 Å². The Kier molecular flexibility index (Phi) is 9.21. The maximum absolute atomic E-state index is 14.7. The Morgan fingerprint density at radius 1 is 1.10 bits per heavy atom. The molecule has 4 rings (SSSR count). The molecule has 1 N–H and O–H groups in total. The van der Waals surface area contributed by atoms with Crippen LogP contribution < -0.4 is 0 Å². The van der Waals surface area contributed by atoms with Gasteiger partial charge in [-0.3, -0.25) is 0 Å². The maximum Gasteiger partial charge on any atom is 0.416 e. The molecule has 3 aromatic rings. The third-order valence-corrected chi connectivity index (χ3v) is 7.59. The molecule has 1 saturated heterocycles. The Hall–Kier alpha value is -3.06. The Morgan fingerprint density at radius 3 is 2.44 bits per heavy atom. The number of allylic oxidation sites excluding steroid dienone is 2. The molecule has 12 heteroatoms. The third kappa shape index (κ3) is 7.53. The molecule has 1 aliphatic rings. The van der Waals surface area contributed by atoms with E-state index in [1.54, 1.807) is 31.2 Å². The molecule has 1 aromatic heterocycles. The average Bonchev–Trinajstić information content (AvgIpc) is 3.40. The molecule has 39 heavy (non-hydrogen) atoms. The molecule has 1 fully saturated rings. The van der Waals surface area contributed by atoms with E-state index in [1.807, 2.05) is 0 Å². The van der Waals surface area contributed by atoms with Crippen molar-refractivity contribution in [2.45, 2.75) is 42.0 Å². The summed E-state index contributed by atoms with van der Waals surface area (Å²) in [6.45, 7) is 2.22. The first-order valence-corrected chi connectivity index (χ1v) is 12.9. The lowest BCUT2D eigenvalue weighted by atomic mass is 9.90. The largest absolute Gasteiger partial charge is 0.416 e. The minimum Gasteiger partial charge on any atom is -0.382 e. The lowest BCUT2D eigenvalue weighted by Crippen LogP contribution is -2.43. The van der Waals surface area contributed by atoms with Crippen molar-refractivity contribution in [2.24, 2.45) is 0 Å². The number of aromatic nitrogens is 3. The van der Waals surface area contributed by atoms with Crippen LogP contribution in [-0.2, 0) is 27.8 Å². The van der Waals surface area contributed by atoms with Crippen molar-refractivity contribution < 1.29 is 36.5 Å². The first-order valence-electron chi connectivity index (χ1n) is 12.0. The Labute approximate surface area is 226 Å². The fourth-order valence-corrected chi connectivity index (χ4v) is 5.35. The van der Waals surface area contributed by atoms with Crippen molar-refractivity contribution >= 4 is 17.8 Å². The third-order valence-electron chi connectivity index (χ3n) is 6.14. The van der Waals surface area contributed by atoms with Crippen molar-refractivity contribution in [3.05, 3.63) is 102 Å². The summed E-state index contributed by atoms with van der Waals surface area (Å²) < 4.78 is 79.1. The van der Waals surface area contributed by atoms with E-state index in [0.717, 1.165) is 24.3 Å². The summed E-state index contributed by atoms with van der Waals surface area (Å²) in [5.74, 6) is -1.61. The normalized spacial score (nSPS) is 20.9. The number of thioether (sulfide) groups is 1. The lowest BCUT2D eigenvalue weighted by molar-refractivity contribution is -0.146. The summed E-state index contributed by atoms with van der Waals surface area (Å²) in [5, 5.41) is 14.9. The van der Waals surface area contributed by atoms with E-state index in [4.69, 9.17) is 9.47 Å². The van der Waals surface area contributed by atoms with Crippen molar-refractivity contribution in [1.29, 1.82) is 0 Å². The Balaban J connectivity index is 1.33. The van der Waals surface area contributed by atoms with E-state index >= 15 is 0 Å². The van der Waals surface area contributed by atoms with Crippen LogP contribution in [0.2, 0.25) is 0 Å². The smallest absolute Gasteiger partial charge is 0.382 e. The molecule has 2 heterocycles. The summed E-state index contributed by atoms with van der Waals surface area (Å²) in [6, 6.07) is 7.86. The zero-order valence-electron chi connectivity index (χ0n) is 20.8. The number of halogens is 5. The predicted molar refractivity (Wildman–Crippen MR) is 136 cm³/mol. The number of hydrogen-bond acceptors (Lipinski definition) is 6. The minimum absolute atomic E-state index is 0.0577. The van der Waals surface area contributed by atoms with Crippen LogP contribution >= 0.6 is 11.8 Å². The standard InChI is InChI=1S/C27H26F5N3O3S/c1-18(26(36,15-35-17-33-16-34-35)23-11-10-21(28)12-24(23)29)39-22-13-37-25(38-14-22)5-3-2-4-19-6-8-20(9-7-19)27(30,31)32/h2-12,16-18,22,25,36H,13-15H2,1H3/b4-2+,5-3+/t18-,22-,25-,26-/m1/s1. The van der Waals surface area contributed by atoms with Gasteiger partial charge in [0.05, 0.1) is 30.6 Å². The summed E-state index contributed by atoms with van der Waals surface area (Å²) in [5.41, 5.74) is -1.89. The van der Waals surface area contributed by atoms with Gasteiger partial charge in [0, 0.05) is 16.9 Å². The van der Waals surface area contributed by atoms with Crippen molar-refractivity contribution in [3.8, 4) is 0 Å². The second-order valence-electron chi connectivity index (χ2n) is 8.94. The molecular formula is C27H26F5N3O3S. The number of nitrogens with zero attached hydrogens (tertiary/aromatic N) is 3. The molecule has 208 valence electrons. The highest BCUT2D eigenvalue weighted by Gasteiger charge is 2.41. The SMILES string of the molecule is C[C@@H](S[C@H]1CO[C@H](/C=C/C=C/c2ccc(C(F)(F)F)cc2)OC1)[C@](O)(Cn1cncn1)c1ccc(F)cc1F. The number of benzene rings is 2. The second kappa shape index (κ2) is 12.4. The van der Waals surface area contributed by atoms with Crippen LogP contribution in [0.15, 0.2) is 73.3 Å². The van der Waals surface area contributed by atoms with Crippen LogP contribution in [0.5, 0.6) is 0 Å². The van der Waals surface area contributed by atoms with Gasteiger partial charge < -0.3 is 14.6 Å². The highest BCUT2D eigenvalue weighted by atomic mass is 32.2. The van der Waals surface area contributed by atoms with Crippen LogP contribution in [0.4, 0.5) is 22.0 Å². The first kappa shape index (κ1) is 28.9. The predicted octanol–water partition coefficient (Wildman–Crippen LogP) is 5.60. The van der Waals surface area contributed by atoms with Gasteiger partial charge in [-0.05, 0) is 29.8 Å². The number of aliphatic hydroxyl groups is 1. The van der Waals surface area contributed by atoms with E-state index in [2.05, 4.69) is 10.1 Å². The molecule has 0 radical (unpaired) electrons. The van der Waals surface area contributed by atoms with Crippen LogP contribution in [0, 0.1) is 11.6 Å². The van der Waals surface area contributed by atoms with Crippen molar-refractivity contribution in [1.82, 2.24) is 14.8 Å². The van der Waals surface area contributed by atoms with E-state index in [-0.39, 0.29) is 30.6 Å². The molecule has 6 nitrogen and oxygen atoms in total. The zero-order valence-corrected chi connectivity index (χ0v) is 21.6. The first-order chi connectivity index (χ1) is 18.5. The van der Waals surface area contributed by atoms with E-state index < -0.39 is 40.5 Å². The lowest BCUT2D eigenvalue weighted by Gasteiger charge is -2.37. The van der Waals surface area contributed by atoms with Crippen molar-refractivity contribution in [2.75, 3.05) is 13.2 Å². The molecule has 0 bridgehead atoms. The fraction of sp³-hybridized carbons (Fsp3) is 0.333. The number of ether oxygens (including phenoxy) is 2. The Bertz CT molecular complexity index is 1280. The van der Waals surface area contributed by atoms with Gasteiger partial charge in [0.25, 0.3) is 0 Å². The topological polar surface area (TPSA) is 69.4 Å². The maximum atomic E-state index is 14.7. The molecule has 0 spiro atoms.